The van der Waals surface area contributed by atoms with Crippen LogP contribution in [0.15, 0.2) is 24.3 Å². The van der Waals surface area contributed by atoms with Gasteiger partial charge >= 0.3 is 11.7 Å². The predicted molar refractivity (Wildman–Crippen MR) is 124 cm³/mol. The SMILES string of the molecule is CC(C)(O)COc1nc(Nc2ccc(Cl)cc2)c([N+](=O)[O-])c(N2CCC(C)(C(N)=O)CC2)n1. The molecule has 0 saturated carbocycles. The van der Waals surface area contributed by atoms with E-state index in [-0.39, 0.29) is 29.9 Å². The molecule has 1 aromatic heterocycles. The van der Waals surface area contributed by atoms with E-state index >= 15 is 0 Å². The molecule has 0 spiro atoms. The molecule has 1 aliphatic heterocycles. The number of benzene rings is 1. The zero-order valence-electron chi connectivity index (χ0n) is 18.7. The number of carbonyl (C=O) groups excluding carboxylic acids is 1. The minimum absolute atomic E-state index is 0.0590. The molecule has 2 heterocycles. The van der Waals surface area contributed by atoms with Gasteiger partial charge in [-0.2, -0.15) is 9.97 Å². The molecule has 33 heavy (non-hydrogen) atoms. The van der Waals surface area contributed by atoms with Crippen LogP contribution in [0.25, 0.3) is 0 Å². The molecule has 0 atom stereocenters. The van der Waals surface area contributed by atoms with E-state index < -0.39 is 21.8 Å². The largest absolute Gasteiger partial charge is 0.460 e. The second kappa shape index (κ2) is 9.36. The van der Waals surface area contributed by atoms with Crippen LogP contribution < -0.4 is 20.7 Å². The van der Waals surface area contributed by atoms with Crippen LogP contribution in [0.4, 0.5) is 23.0 Å². The molecule has 1 aliphatic rings. The van der Waals surface area contributed by atoms with Crippen LogP contribution in [0, 0.1) is 15.5 Å². The number of nitrogens with two attached hydrogens (primary N) is 1. The number of aliphatic hydroxyl groups is 1. The highest BCUT2D eigenvalue weighted by Gasteiger charge is 2.38. The van der Waals surface area contributed by atoms with Crippen LogP contribution in [0.2, 0.25) is 5.02 Å². The van der Waals surface area contributed by atoms with Gasteiger partial charge in [-0.15, -0.1) is 0 Å². The standard InChI is InChI=1S/C21H27ClN6O5/c1-20(2,30)12-33-19-25-16(24-14-6-4-13(22)5-7-14)15(28(31)32)17(26-19)27-10-8-21(3,9-11-27)18(23)29/h4-7,30H,8-12H2,1-3H3,(H2,23,29)(H,24,25,26). The fraction of sp³-hybridized carbons (Fsp3) is 0.476. The molecule has 0 aliphatic carbocycles. The van der Waals surface area contributed by atoms with E-state index in [2.05, 4.69) is 15.3 Å². The summed E-state index contributed by atoms with van der Waals surface area (Å²) in [6.07, 6.45) is 0.840. The summed E-state index contributed by atoms with van der Waals surface area (Å²) in [5.74, 6) is -0.413. The van der Waals surface area contributed by atoms with Gasteiger partial charge in [0.1, 0.15) is 6.61 Å². The fourth-order valence-electron chi connectivity index (χ4n) is 3.33. The molecule has 1 saturated heterocycles. The van der Waals surface area contributed by atoms with Gasteiger partial charge < -0.3 is 25.8 Å². The van der Waals surface area contributed by atoms with Gasteiger partial charge in [-0.1, -0.05) is 18.5 Å². The Morgan fingerprint density at radius 1 is 1.33 bits per heavy atom. The maximum Gasteiger partial charge on any atom is 0.354 e. The van der Waals surface area contributed by atoms with Crippen molar-refractivity contribution in [3.63, 3.8) is 0 Å². The third-order valence-electron chi connectivity index (χ3n) is 5.45. The van der Waals surface area contributed by atoms with E-state index in [1.807, 2.05) is 0 Å². The highest BCUT2D eigenvalue weighted by atomic mass is 35.5. The summed E-state index contributed by atoms with van der Waals surface area (Å²) in [6.45, 7) is 5.45. The Morgan fingerprint density at radius 2 is 1.94 bits per heavy atom. The Kier molecular flexibility index (Phi) is 6.94. The maximum atomic E-state index is 12.1. The summed E-state index contributed by atoms with van der Waals surface area (Å²) in [5.41, 5.74) is 3.88. The summed E-state index contributed by atoms with van der Waals surface area (Å²) in [6, 6.07) is 6.46. The Morgan fingerprint density at radius 3 is 2.45 bits per heavy atom. The van der Waals surface area contributed by atoms with E-state index in [0.717, 1.165) is 0 Å². The predicted octanol–water partition coefficient (Wildman–Crippen LogP) is 3.02. The van der Waals surface area contributed by atoms with Gasteiger partial charge in [0.25, 0.3) is 0 Å². The Hall–Kier alpha value is -3.18. The van der Waals surface area contributed by atoms with Gasteiger partial charge in [0.05, 0.1) is 10.5 Å². The van der Waals surface area contributed by atoms with E-state index in [1.165, 1.54) is 0 Å². The van der Waals surface area contributed by atoms with Gasteiger partial charge in [0, 0.05) is 29.2 Å². The van der Waals surface area contributed by atoms with Crippen molar-refractivity contribution >= 4 is 40.5 Å². The monoisotopic (exact) mass is 478 g/mol. The molecular formula is C21H27ClN6O5. The van der Waals surface area contributed by atoms with Crippen LogP contribution in [0.1, 0.15) is 33.6 Å². The molecular weight excluding hydrogens is 452 g/mol. The van der Waals surface area contributed by atoms with Crippen molar-refractivity contribution in [2.75, 3.05) is 29.9 Å². The van der Waals surface area contributed by atoms with Crippen molar-refractivity contribution in [1.82, 2.24) is 9.97 Å². The second-order valence-corrected chi connectivity index (χ2v) is 9.37. The summed E-state index contributed by atoms with van der Waals surface area (Å²) in [5, 5.41) is 25.5. The second-order valence-electron chi connectivity index (χ2n) is 8.93. The highest BCUT2D eigenvalue weighted by molar-refractivity contribution is 6.30. The summed E-state index contributed by atoms with van der Waals surface area (Å²) >= 11 is 5.93. The number of carbonyl (C=O) groups is 1. The number of primary amides is 1. The van der Waals surface area contributed by atoms with Gasteiger partial charge in [-0.05, 0) is 51.0 Å². The lowest BCUT2D eigenvalue weighted by Gasteiger charge is -2.37. The molecule has 2 aromatic rings. The van der Waals surface area contributed by atoms with Gasteiger partial charge in [0.15, 0.2) is 0 Å². The first-order valence-electron chi connectivity index (χ1n) is 10.4. The number of hydrogen-bond donors (Lipinski definition) is 3. The van der Waals surface area contributed by atoms with Crippen molar-refractivity contribution < 1.29 is 19.6 Å². The maximum absolute atomic E-state index is 12.1. The molecule has 1 aromatic carbocycles. The average Bonchev–Trinajstić information content (AvgIpc) is 2.73. The van der Waals surface area contributed by atoms with E-state index in [4.69, 9.17) is 22.1 Å². The van der Waals surface area contributed by atoms with Crippen molar-refractivity contribution in [2.24, 2.45) is 11.1 Å². The molecule has 1 fully saturated rings. The Bertz CT molecular complexity index is 1030. The molecule has 11 nitrogen and oxygen atoms in total. The number of halogens is 1. The molecule has 0 bridgehead atoms. The van der Waals surface area contributed by atoms with Crippen LogP contribution in [-0.4, -0.2) is 51.2 Å². The number of nitro groups is 1. The molecule has 0 unspecified atom stereocenters. The lowest BCUT2D eigenvalue weighted by atomic mass is 9.80. The summed E-state index contributed by atoms with van der Waals surface area (Å²) in [7, 11) is 0. The van der Waals surface area contributed by atoms with Crippen LogP contribution in [0.5, 0.6) is 6.01 Å². The number of nitrogens with one attached hydrogen (secondary N) is 1. The highest BCUT2D eigenvalue weighted by Crippen LogP contribution is 2.40. The number of piperidine rings is 1. The summed E-state index contributed by atoms with van der Waals surface area (Å²) in [4.78, 5) is 33.5. The Balaban J connectivity index is 2.02. The molecule has 178 valence electrons. The minimum Gasteiger partial charge on any atom is -0.460 e. The third-order valence-corrected chi connectivity index (χ3v) is 5.70. The van der Waals surface area contributed by atoms with Gasteiger partial charge in [0.2, 0.25) is 17.5 Å². The minimum atomic E-state index is -1.16. The quantitative estimate of drug-likeness (QED) is 0.383. The normalized spacial score (nSPS) is 15.7. The number of ether oxygens (including phenoxy) is 1. The van der Waals surface area contributed by atoms with E-state index in [1.54, 1.807) is 49.9 Å². The van der Waals surface area contributed by atoms with E-state index in [9.17, 15) is 20.0 Å². The molecule has 1 amide bonds. The van der Waals surface area contributed by atoms with Crippen molar-refractivity contribution in [2.45, 2.75) is 39.2 Å². The van der Waals surface area contributed by atoms with Crippen LogP contribution >= 0.6 is 11.6 Å². The topological polar surface area (TPSA) is 157 Å². The van der Waals surface area contributed by atoms with Crippen molar-refractivity contribution in [3.8, 4) is 6.01 Å². The van der Waals surface area contributed by atoms with E-state index in [0.29, 0.717) is 36.6 Å². The number of hydrogen-bond acceptors (Lipinski definition) is 9. The van der Waals surface area contributed by atoms with Crippen LogP contribution in [0.3, 0.4) is 0 Å². The number of nitrogens with zero attached hydrogens (tertiary/aromatic N) is 4. The number of amides is 1. The lowest BCUT2D eigenvalue weighted by molar-refractivity contribution is -0.383. The number of aromatic nitrogens is 2. The fourth-order valence-corrected chi connectivity index (χ4v) is 3.46. The van der Waals surface area contributed by atoms with Crippen LogP contribution in [-0.2, 0) is 4.79 Å². The first-order chi connectivity index (χ1) is 15.4. The first kappa shape index (κ1) is 24.5. The zero-order chi connectivity index (χ0) is 24.4. The third kappa shape index (κ3) is 5.99. The number of rotatable bonds is 8. The molecule has 12 heteroatoms. The molecule has 4 N–H and O–H groups in total. The van der Waals surface area contributed by atoms with Gasteiger partial charge in [-0.3, -0.25) is 14.9 Å². The Labute approximate surface area is 196 Å². The van der Waals surface area contributed by atoms with Crippen molar-refractivity contribution in [3.05, 3.63) is 39.4 Å². The number of anilines is 3. The zero-order valence-corrected chi connectivity index (χ0v) is 19.4. The smallest absolute Gasteiger partial charge is 0.354 e. The molecule has 3 rings (SSSR count). The first-order valence-corrected chi connectivity index (χ1v) is 10.7. The van der Waals surface area contributed by atoms with Gasteiger partial charge in [-0.25, -0.2) is 0 Å². The molecule has 0 radical (unpaired) electrons. The average molecular weight is 479 g/mol. The summed E-state index contributed by atoms with van der Waals surface area (Å²) < 4.78 is 5.56. The van der Waals surface area contributed by atoms with Crippen molar-refractivity contribution in [1.29, 1.82) is 0 Å². The lowest BCUT2D eigenvalue weighted by Crippen LogP contribution is -2.45.